The molecule has 2 nitrogen and oxygen atoms in total. The van der Waals surface area contributed by atoms with Crippen molar-refractivity contribution in [2.75, 3.05) is 19.8 Å². The zero-order chi connectivity index (χ0) is 15.8. The van der Waals surface area contributed by atoms with E-state index in [1.54, 1.807) is 0 Å². The second kappa shape index (κ2) is 8.35. The van der Waals surface area contributed by atoms with Crippen molar-refractivity contribution in [2.24, 2.45) is 0 Å². The smallest absolute Gasteiger partial charge is 0.0904 e. The van der Waals surface area contributed by atoms with Gasteiger partial charge in [0.05, 0.1) is 6.67 Å². The predicted octanol–water partition coefficient (Wildman–Crippen LogP) is 4.63. The molecule has 1 heterocycles. The van der Waals surface area contributed by atoms with Gasteiger partial charge in [0.25, 0.3) is 0 Å². The van der Waals surface area contributed by atoms with Crippen LogP contribution in [0.3, 0.4) is 0 Å². The minimum atomic E-state index is 0.917. The summed E-state index contributed by atoms with van der Waals surface area (Å²) in [5, 5.41) is 0. The van der Waals surface area contributed by atoms with Gasteiger partial charge in [0.1, 0.15) is 0 Å². The maximum atomic E-state index is 3.92. The van der Waals surface area contributed by atoms with Gasteiger partial charge >= 0.3 is 0 Å². The summed E-state index contributed by atoms with van der Waals surface area (Å²) >= 11 is 0. The van der Waals surface area contributed by atoms with Gasteiger partial charge in [0, 0.05) is 24.5 Å². The molecule has 0 unspecified atom stereocenters. The molecule has 1 aliphatic heterocycles. The normalized spacial score (nSPS) is 17.3. The van der Waals surface area contributed by atoms with Crippen molar-refractivity contribution < 1.29 is 0 Å². The first-order valence-electron chi connectivity index (χ1n) is 7.47. The highest BCUT2D eigenvalue weighted by Gasteiger charge is 2.20. The number of rotatable bonds is 6. The fraction of sp³-hybridized carbons (Fsp3) is 0.368. The topological polar surface area (TPSA) is 6.48 Å². The standard InChI is InChI=1S/C19H28N2/c1-7-18(11-9-16(3)4)20-13-14-21(15-20)19(8-2)12-10-17(5)6/h7-12H,3,5,13-15H2,1-2,4,6H3/b11-9-,12-10-,18-7-,19-8-. The number of allylic oxidation sites excluding steroid dienone is 8. The van der Waals surface area contributed by atoms with Crippen LogP contribution in [-0.2, 0) is 0 Å². The van der Waals surface area contributed by atoms with Crippen LogP contribution >= 0.6 is 0 Å². The second-order valence-electron chi connectivity index (χ2n) is 5.45. The first-order chi connectivity index (χ1) is 9.97. The lowest BCUT2D eigenvalue weighted by molar-refractivity contribution is 0.341. The molecule has 0 atom stereocenters. The Balaban J connectivity index is 2.74. The Labute approximate surface area is 130 Å². The summed E-state index contributed by atoms with van der Waals surface area (Å²) < 4.78 is 0. The van der Waals surface area contributed by atoms with Crippen LogP contribution < -0.4 is 0 Å². The molecule has 0 aromatic heterocycles. The van der Waals surface area contributed by atoms with Crippen LogP contribution in [0.1, 0.15) is 27.7 Å². The predicted molar refractivity (Wildman–Crippen MR) is 93.7 cm³/mol. The summed E-state index contributed by atoms with van der Waals surface area (Å²) in [5.74, 6) is 0. The monoisotopic (exact) mass is 284 g/mol. The highest BCUT2D eigenvalue weighted by Crippen LogP contribution is 2.19. The lowest BCUT2D eigenvalue weighted by Gasteiger charge is -2.22. The lowest BCUT2D eigenvalue weighted by Crippen LogP contribution is -2.23. The minimum absolute atomic E-state index is 0.917. The molecule has 0 N–H and O–H groups in total. The van der Waals surface area contributed by atoms with Crippen molar-refractivity contribution in [3.05, 3.63) is 72.2 Å². The summed E-state index contributed by atoms with van der Waals surface area (Å²) in [5.41, 5.74) is 4.65. The second-order valence-corrected chi connectivity index (χ2v) is 5.45. The number of hydrogen-bond donors (Lipinski definition) is 0. The molecule has 0 amide bonds. The summed E-state index contributed by atoms with van der Waals surface area (Å²) in [4.78, 5) is 4.77. The third kappa shape index (κ3) is 5.50. The Hall–Kier alpha value is -1.96. The molecule has 0 aromatic carbocycles. The van der Waals surface area contributed by atoms with E-state index in [0.29, 0.717) is 0 Å². The number of hydrogen-bond acceptors (Lipinski definition) is 2. The third-order valence-corrected chi connectivity index (χ3v) is 3.38. The summed E-state index contributed by atoms with van der Waals surface area (Å²) in [6.45, 7) is 19.0. The van der Waals surface area contributed by atoms with E-state index in [1.807, 2.05) is 13.8 Å². The average molecular weight is 284 g/mol. The molecule has 0 spiro atoms. The van der Waals surface area contributed by atoms with Crippen LogP contribution in [0.2, 0.25) is 0 Å². The van der Waals surface area contributed by atoms with E-state index in [9.17, 15) is 0 Å². The van der Waals surface area contributed by atoms with Gasteiger partial charge in [0.15, 0.2) is 0 Å². The SMILES string of the molecule is C=C(C)/C=C\C(=C\C)N1CCN(C(/C=C\C(=C)C)=C\C)C1. The Morgan fingerprint density at radius 3 is 1.43 bits per heavy atom. The Bertz CT molecular complexity index is 458. The van der Waals surface area contributed by atoms with Gasteiger partial charge in [-0.3, -0.25) is 0 Å². The van der Waals surface area contributed by atoms with Crippen LogP contribution in [0.25, 0.3) is 0 Å². The van der Waals surface area contributed by atoms with E-state index >= 15 is 0 Å². The fourth-order valence-electron chi connectivity index (χ4n) is 2.23. The maximum Gasteiger partial charge on any atom is 0.0904 e. The Morgan fingerprint density at radius 1 is 0.762 bits per heavy atom. The van der Waals surface area contributed by atoms with Gasteiger partial charge in [0.2, 0.25) is 0 Å². The first-order valence-corrected chi connectivity index (χ1v) is 7.47. The first kappa shape index (κ1) is 17.1. The summed E-state index contributed by atoms with van der Waals surface area (Å²) in [7, 11) is 0. The molecule has 2 heteroatoms. The van der Waals surface area contributed by atoms with Crippen LogP contribution in [0.5, 0.6) is 0 Å². The highest BCUT2D eigenvalue weighted by molar-refractivity contribution is 5.27. The molecule has 1 rings (SSSR count). The van der Waals surface area contributed by atoms with Crippen molar-refractivity contribution in [1.29, 1.82) is 0 Å². The molecule has 0 radical (unpaired) electrons. The molecule has 0 bridgehead atoms. The van der Waals surface area contributed by atoms with Crippen LogP contribution in [-0.4, -0.2) is 29.6 Å². The van der Waals surface area contributed by atoms with Gasteiger partial charge in [-0.25, -0.2) is 0 Å². The Kier molecular flexibility index (Phi) is 6.80. The molecule has 0 aliphatic carbocycles. The quantitative estimate of drug-likeness (QED) is 0.656. The highest BCUT2D eigenvalue weighted by atomic mass is 15.4. The van der Waals surface area contributed by atoms with E-state index < -0.39 is 0 Å². The summed E-state index contributed by atoms with van der Waals surface area (Å²) in [6.07, 6.45) is 12.7. The molecule has 1 aliphatic rings. The van der Waals surface area contributed by atoms with Crippen LogP contribution in [0, 0.1) is 0 Å². The molecule has 21 heavy (non-hydrogen) atoms. The van der Waals surface area contributed by atoms with Crippen molar-refractivity contribution in [3.8, 4) is 0 Å². The van der Waals surface area contributed by atoms with E-state index in [2.05, 4.69) is 73.3 Å². The molecule has 0 saturated carbocycles. The van der Waals surface area contributed by atoms with Gasteiger partial charge in [-0.2, -0.15) is 0 Å². The van der Waals surface area contributed by atoms with Crippen molar-refractivity contribution >= 4 is 0 Å². The maximum absolute atomic E-state index is 3.92. The van der Waals surface area contributed by atoms with Gasteiger partial charge in [-0.15, -0.1) is 0 Å². The van der Waals surface area contributed by atoms with Crippen molar-refractivity contribution in [1.82, 2.24) is 9.80 Å². The largest absolute Gasteiger partial charge is 0.352 e. The van der Waals surface area contributed by atoms with E-state index in [0.717, 1.165) is 30.9 Å². The van der Waals surface area contributed by atoms with Gasteiger partial charge in [-0.05, 0) is 39.8 Å². The van der Waals surface area contributed by atoms with E-state index in [-0.39, 0.29) is 0 Å². The lowest BCUT2D eigenvalue weighted by atomic mass is 10.2. The minimum Gasteiger partial charge on any atom is -0.352 e. The molecule has 114 valence electrons. The van der Waals surface area contributed by atoms with Gasteiger partial charge < -0.3 is 9.80 Å². The molecular weight excluding hydrogens is 256 g/mol. The third-order valence-electron chi connectivity index (χ3n) is 3.38. The van der Waals surface area contributed by atoms with Crippen LogP contribution in [0.15, 0.2) is 72.2 Å². The van der Waals surface area contributed by atoms with E-state index in [4.69, 9.17) is 0 Å². The molecule has 1 fully saturated rings. The van der Waals surface area contributed by atoms with E-state index in [1.165, 1.54) is 11.4 Å². The molecule has 1 saturated heterocycles. The summed E-state index contributed by atoms with van der Waals surface area (Å²) in [6, 6.07) is 0. The average Bonchev–Trinajstić information content (AvgIpc) is 2.89. The van der Waals surface area contributed by atoms with Gasteiger partial charge in [-0.1, -0.05) is 48.6 Å². The fourth-order valence-corrected chi connectivity index (χ4v) is 2.23. The number of nitrogens with zero attached hydrogens (tertiary/aromatic N) is 2. The zero-order valence-electron chi connectivity index (χ0n) is 13.9. The zero-order valence-corrected chi connectivity index (χ0v) is 13.9. The van der Waals surface area contributed by atoms with Crippen molar-refractivity contribution in [2.45, 2.75) is 27.7 Å². The van der Waals surface area contributed by atoms with Crippen LogP contribution in [0.4, 0.5) is 0 Å². The molecule has 0 aromatic rings. The molecular formula is C19H28N2. The Morgan fingerprint density at radius 2 is 1.14 bits per heavy atom. The van der Waals surface area contributed by atoms with Crippen molar-refractivity contribution in [3.63, 3.8) is 0 Å².